The lowest BCUT2D eigenvalue weighted by molar-refractivity contribution is 0.0258. The molecule has 0 saturated carbocycles. The highest BCUT2D eigenvalue weighted by atomic mass is 19.1. The molecule has 38 heavy (non-hydrogen) atoms. The molecule has 0 aliphatic carbocycles. The lowest BCUT2D eigenvalue weighted by atomic mass is 10.1. The van der Waals surface area contributed by atoms with Gasteiger partial charge in [-0.1, -0.05) is 0 Å². The van der Waals surface area contributed by atoms with E-state index >= 15 is 0 Å². The van der Waals surface area contributed by atoms with E-state index in [2.05, 4.69) is 10.1 Å². The van der Waals surface area contributed by atoms with E-state index in [1.54, 1.807) is 11.0 Å². The first-order chi connectivity index (χ1) is 18.1. The van der Waals surface area contributed by atoms with Crippen LogP contribution in [-0.4, -0.2) is 54.0 Å². The molecule has 0 bridgehead atoms. The van der Waals surface area contributed by atoms with Gasteiger partial charge in [-0.15, -0.1) is 0 Å². The first-order valence-electron chi connectivity index (χ1n) is 12.4. The minimum absolute atomic E-state index is 0.0792. The molecule has 5 heterocycles. The minimum Gasteiger partial charge on any atom is -0.485 e. The fraction of sp³-hybridized carbons (Fsp3) is 0.370. The SMILES string of the molecule is Cn1c2c(c3ccc(-n4ncc(OCc5ccc(F)cn5)cc4=O)nc31)CCN(C(=O)OC(C)(C)C)CC2. The normalized spacial score (nSPS) is 13.8. The van der Waals surface area contributed by atoms with Gasteiger partial charge in [-0.2, -0.15) is 9.78 Å². The quantitative estimate of drug-likeness (QED) is 0.405. The van der Waals surface area contributed by atoms with Gasteiger partial charge >= 0.3 is 6.09 Å². The molecule has 198 valence electrons. The maximum Gasteiger partial charge on any atom is 0.410 e. The molecule has 0 radical (unpaired) electrons. The second-order valence-corrected chi connectivity index (χ2v) is 10.2. The molecule has 0 unspecified atom stereocenters. The summed E-state index contributed by atoms with van der Waals surface area (Å²) >= 11 is 0. The molecular formula is C27H29FN6O4. The Bertz CT molecular complexity index is 1560. The number of halogens is 1. The predicted molar refractivity (Wildman–Crippen MR) is 138 cm³/mol. The van der Waals surface area contributed by atoms with Crippen LogP contribution in [0.4, 0.5) is 9.18 Å². The highest BCUT2D eigenvalue weighted by molar-refractivity contribution is 5.83. The number of hydrogen-bond donors (Lipinski definition) is 0. The zero-order valence-corrected chi connectivity index (χ0v) is 21.8. The van der Waals surface area contributed by atoms with Crippen LogP contribution in [0.5, 0.6) is 5.75 Å². The lowest BCUT2D eigenvalue weighted by Crippen LogP contribution is -2.38. The molecule has 10 nitrogen and oxygen atoms in total. The Hall–Kier alpha value is -4.28. The van der Waals surface area contributed by atoms with Crippen molar-refractivity contribution in [2.75, 3.05) is 13.1 Å². The monoisotopic (exact) mass is 520 g/mol. The average molecular weight is 521 g/mol. The van der Waals surface area contributed by atoms with E-state index < -0.39 is 17.0 Å². The summed E-state index contributed by atoms with van der Waals surface area (Å²) < 4.78 is 27.4. The Morgan fingerprint density at radius 1 is 1.11 bits per heavy atom. The Morgan fingerprint density at radius 2 is 1.89 bits per heavy atom. The van der Waals surface area contributed by atoms with Crippen LogP contribution < -0.4 is 10.3 Å². The van der Waals surface area contributed by atoms with Crippen molar-refractivity contribution >= 4 is 17.1 Å². The standard InChI is InChI=1S/C27H29FN6O4/c1-27(2,3)38-26(36)33-11-9-20-21-7-8-23(31-25(21)32(4)22(20)10-12-33)34-24(35)13-19(15-30-34)37-16-18-6-5-17(28)14-29-18/h5-8,13-15H,9-12,16H2,1-4H3. The maximum absolute atomic E-state index is 13.0. The second-order valence-electron chi connectivity index (χ2n) is 10.2. The van der Waals surface area contributed by atoms with Crippen LogP contribution in [0.1, 0.15) is 37.7 Å². The van der Waals surface area contributed by atoms with Crippen molar-refractivity contribution in [3.8, 4) is 11.6 Å². The summed E-state index contributed by atoms with van der Waals surface area (Å²) in [7, 11) is 1.94. The van der Waals surface area contributed by atoms with Gasteiger partial charge in [-0.25, -0.2) is 14.2 Å². The second kappa shape index (κ2) is 9.88. The average Bonchev–Trinajstić information content (AvgIpc) is 3.00. The third-order valence-corrected chi connectivity index (χ3v) is 6.33. The largest absolute Gasteiger partial charge is 0.485 e. The van der Waals surface area contributed by atoms with Crippen LogP contribution in [0, 0.1) is 5.82 Å². The Morgan fingerprint density at radius 3 is 2.61 bits per heavy atom. The summed E-state index contributed by atoms with van der Waals surface area (Å²) in [5.41, 5.74) is 2.58. The molecular weight excluding hydrogens is 491 g/mol. The van der Waals surface area contributed by atoms with E-state index in [0.29, 0.717) is 37.4 Å². The first kappa shape index (κ1) is 25.4. The zero-order valence-electron chi connectivity index (χ0n) is 21.8. The molecule has 1 aliphatic rings. The van der Waals surface area contributed by atoms with Gasteiger partial charge in [-0.3, -0.25) is 9.78 Å². The molecule has 0 saturated heterocycles. The molecule has 0 fully saturated rings. The van der Waals surface area contributed by atoms with Crippen LogP contribution in [0.15, 0.2) is 47.5 Å². The van der Waals surface area contributed by atoms with E-state index in [9.17, 15) is 14.0 Å². The van der Waals surface area contributed by atoms with Crippen molar-refractivity contribution in [1.29, 1.82) is 0 Å². The van der Waals surface area contributed by atoms with Crippen LogP contribution in [0.3, 0.4) is 0 Å². The number of pyridine rings is 2. The van der Waals surface area contributed by atoms with E-state index in [1.807, 2.05) is 38.5 Å². The van der Waals surface area contributed by atoms with Gasteiger partial charge in [0.15, 0.2) is 5.82 Å². The molecule has 0 spiro atoms. The van der Waals surface area contributed by atoms with Crippen LogP contribution in [-0.2, 0) is 31.2 Å². The molecule has 11 heteroatoms. The smallest absolute Gasteiger partial charge is 0.410 e. The van der Waals surface area contributed by atoms with Crippen LogP contribution >= 0.6 is 0 Å². The lowest BCUT2D eigenvalue weighted by Gasteiger charge is -2.26. The van der Waals surface area contributed by atoms with Crippen molar-refractivity contribution in [2.24, 2.45) is 7.05 Å². The molecule has 4 aromatic heterocycles. The number of ether oxygens (including phenoxy) is 2. The number of amides is 1. The number of carbonyl (C=O) groups is 1. The molecule has 1 aliphatic heterocycles. The number of nitrogens with zero attached hydrogens (tertiary/aromatic N) is 6. The molecule has 0 aromatic carbocycles. The van der Waals surface area contributed by atoms with Gasteiger partial charge in [0.1, 0.15) is 29.4 Å². The van der Waals surface area contributed by atoms with E-state index in [-0.39, 0.29) is 18.4 Å². The molecule has 5 rings (SSSR count). The number of aromatic nitrogens is 5. The zero-order chi connectivity index (χ0) is 27.0. The van der Waals surface area contributed by atoms with Gasteiger partial charge < -0.3 is 18.9 Å². The van der Waals surface area contributed by atoms with Gasteiger partial charge in [0.05, 0.1) is 18.1 Å². The summed E-state index contributed by atoms with van der Waals surface area (Å²) in [4.78, 5) is 35.8. The summed E-state index contributed by atoms with van der Waals surface area (Å²) in [6, 6.07) is 7.84. The van der Waals surface area contributed by atoms with Gasteiger partial charge in [-0.05, 0) is 57.0 Å². The van der Waals surface area contributed by atoms with Gasteiger partial charge in [0.2, 0.25) is 0 Å². The first-order valence-corrected chi connectivity index (χ1v) is 12.4. The van der Waals surface area contributed by atoms with Crippen LogP contribution in [0.2, 0.25) is 0 Å². The van der Waals surface area contributed by atoms with Crippen molar-refractivity contribution in [2.45, 2.75) is 45.8 Å². The fourth-order valence-corrected chi connectivity index (χ4v) is 4.53. The summed E-state index contributed by atoms with van der Waals surface area (Å²) in [6.07, 6.45) is 3.59. The van der Waals surface area contributed by atoms with Gasteiger partial charge in [0.25, 0.3) is 5.56 Å². The summed E-state index contributed by atoms with van der Waals surface area (Å²) in [5.74, 6) is 0.235. The molecule has 4 aromatic rings. The van der Waals surface area contributed by atoms with E-state index in [4.69, 9.17) is 14.5 Å². The van der Waals surface area contributed by atoms with Crippen molar-refractivity contribution < 1.29 is 18.7 Å². The number of fused-ring (bicyclic) bond motifs is 3. The Balaban J connectivity index is 1.35. The molecule has 0 atom stereocenters. The minimum atomic E-state index is -0.542. The summed E-state index contributed by atoms with van der Waals surface area (Å²) in [6.45, 7) is 6.77. The summed E-state index contributed by atoms with van der Waals surface area (Å²) in [5, 5.41) is 5.22. The van der Waals surface area contributed by atoms with Crippen LogP contribution in [0.25, 0.3) is 16.9 Å². The Labute approximate surface area is 218 Å². The Kier molecular flexibility index (Phi) is 6.60. The molecule has 1 amide bonds. The highest BCUT2D eigenvalue weighted by Crippen LogP contribution is 2.28. The van der Waals surface area contributed by atoms with Crippen molar-refractivity contribution in [1.82, 2.24) is 29.2 Å². The third kappa shape index (κ3) is 5.22. The maximum atomic E-state index is 13.0. The number of carbonyl (C=O) groups excluding carboxylic acids is 1. The third-order valence-electron chi connectivity index (χ3n) is 6.33. The molecule has 0 N–H and O–H groups in total. The van der Waals surface area contributed by atoms with Crippen molar-refractivity contribution in [3.63, 3.8) is 0 Å². The number of aryl methyl sites for hydroxylation is 1. The topological polar surface area (TPSA) is 104 Å². The fourth-order valence-electron chi connectivity index (χ4n) is 4.53. The van der Waals surface area contributed by atoms with Gasteiger partial charge in [0, 0.05) is 43.7 Å². The number of rotatable bonds is 4. The van der Waals surface area contributed by atoms with E-state index in [1.165, 1.54) is 29.1 Å². The highest BCUT2D eigenvalue weighted by Gasteiger charge is 2.27. The predicted octanol–water partition coefficient (Wildman–Crippen LogP) is 3.57. The van der Waals surface area contributed by atoms with Crippen molar-refractivity contribution in [3.05, 3.63) is 75.8 Å². The van der Waals surface area contributed by atoms with E-state index in [0.717, 1.165) is 28.5 Å². The number of hydrogen-bond acceptors (Lipinski definition) is 7.